The van der Waals surface area contributed by atoms with Crippen LogP contribution in [0.2, 0.25) is 0 Å². The van der Waals surface area contributed by atoms with Crippen LogP contribution in [0.25, 0.3) is 0 Å². The molecule has 148 valence electrons. The molecular weight excluding hydrogens is 359 g/mol. The first-order chi connectivity index (χ1) is 13.4. The summed E-state index contributed by atoms with van der Waals surface area (Å²) in [6, 6.07) is 13.4. The van der Waals surface area contributed by atoms with E-state index in [1.807, 2.05) is 0 Å². The molecule has 1 fully saturated rings. The number of ether oxygens (including phenoxy) is 1. The first-order valence-electron chi connectivity index (χ1n) is 9.50. The van der Waals surface area contributed by atoms with Crippen molar-refractivity contribution in [2.24, 2.45) is 0 Å². The molecule has 1 saturated carbocycles. The molecule has 3 rings (SSSR count). The standard InChI is InChI=1S/C22H25FN2O3/c1-15(2)28-22(27)17-5-9-19(10-6-17)24-21(26)14-25(20-11-12-20)13-16-3-7-18(23)8-4-16/h3-10,15,20H,11-14H2,1-2H3,(H,24,26). The number of rotatable bonds is 8. The third-order valence-corrected chi connectivity index (χ3v) is 4.46. The van der Waals surface area contributed by atoms with Crippen LogP contribution < -0.4 is 5.32 Å². The predicted molar refractivity (Wildman–Crippen MR) is 105 cm³/mol. The van der Waals surface area contributed by atoms with Crippen molar-refractivity contribution >= 4 is 17.6 Å². The summed E-state index contributed by atoms with van der Waals surface area (Å²) < 4.78 is 18.2. The molecular formula is C22H25FN2O3. The number of amides is 1. The molecule has 0 unspecified atom stereocenters. The normalized spacial score (nSPS) is 13.6. The summed E-state index contributed by atoms with van der Waals surface area (Å²) in [5.41, 5.74) is 2.06. The number of carbonyl (C=O) groups is 2. The van der Waals surface area contributed by atoms with E-state index >= 15 is 0 Å². The number of benzene rings is 2. The Labute approximate surface area is 164 Å². The van der Waals surface area contributed by atoms with Crippen LogP contribution in [0.3, 0.4) is 0 Å². The Morgan fingerprint density at radius 1 is 1.11 bits per heavy atom. The molecule has 0 aliphatic heterocycles. The number of esters is 1. The molecule has 1 aliphatic carbocycles. The Morgan fingerprint density at radius 3 is 2.32 bits per heavy atom. The summed E-state index contributed by atoms with van der Waals surface area (Å²) in [7, 11) is 0. The van der Waals surface area contributed by atoms with Crippen molar-refractivity contribution < 1.29 is 18.7 Å². The van der Waals surface area contributed by atoms with Gasteiger partial charge in [0.25, 0.3) is 0 Å². The third kappa shape index (κ3) is 5.89. The molecule has 0 aromatic heterocycles. The van der Waals surface area contributed by atoms with Gasteiger partial charge < -0.3 is 10.1 Å². The zero-order valence-electron chi connectivity index (χ0n) is 16.2. The maximum Gasteiger partial charge on any atom is 0.338 e. The topological polar surface area (TPSA) is 58.6 Å². The molecule has 1 amide bonds. The van der Waals surface area contributed by atoms with Crippen LogP contribution in [0.15, 0.2) is 48.5 Å². The first kappa shape index (κ1) is 20.0. The van der Waals surface area contributed by atoms with Crippen LogP contribution in [0.1, 0.15) is 42.6 Å². The maximum atomic E-state index is 13.1. The molecule has 28 heavy (non-hydrogen) atoms. The fraction of sp³-hybridized carbons (Fsp3) is 0.364. The van der Waals surface area contributed by atoms with Crippen LogP contribution in [-0.2, 0) is 16.1 Å². The molecule has 0 radical (unpaired) electrons. The number of hydrogen-bond acceptors (Lipinski definition) is 4. The van der Waals surface area contributed by atoms with Gasteiger partial charge in [0, 0.05) is 18.3 Å². The van der Waals surface area contributed by atoms with Crippen molar-refractivity contribution in [3.05, 3.63) is 65.5 Å². The smallest absolute Gasteiger partial charge is 0.338 e. The summed E-state index contributed by atoms with van der Waals surface area (Å²) in [5, 5.41) is 2.86. The van der Waals surface area contributed by atoms with Crippen LogP contribution in [0.5, 0.6) is 0 Å². The molecule has 0 atom stereocenters. The summed E-state index contributed by atoms with van der Waals surface area (Å²) in [5.74, 6) is -0.765. The van der Waals surface area contributed by atoms with E-state index in [4.69, 9.17) is 4.74 Å². The average molecular weight is 384 g/mol. The van der Waals surface area contributed by atoms with E-state index in [-0.39, 0.29) is 30.3 Å². The Hall–Kier alpha value is -2.73. The van der Waals surface area contributed by atoms with E-state index in [2.05, 4.69) is 10.2 Å². The summed E-state index contributed by atoms with van der Waals surface area (Å²) >= 11 is 0. The van der Waals surface area contributed by atoms with Gasteiger partial charge in [-0.25, -0.2) is 9.18 Å². The third-order valence-electron chi connectivity index (χ3n) is 4.46. The SMILES string of the molecule is CC(C)OC(=O)c1ccc(NC(=O)CN(Cc2ccc(F)cc2)C2CC2)cc1. The molecule has 5 nitrogen and oxygen atoms in total. The lowest BCUT2D eigenvalue weighted by molar-refractivity contribution is -0.117. The zero-order valence-corrected chi connectivity index (χ0v) is 16.2. The Bertz CT molecular complexity index is 815. The average Bonchev–Trinajstić information content (AvgIpc) is 3.48. The Morgan fingerprint density at radius 2 is 1.75 bits per heavy atom. The van der Waals surface area contributed by atoms with Gasteiger partial charge in [0.2, 0.25) is 5.91 Å². The van der Waals surface area contributed by atoms with Gasteiger partial charge in [-0.05, 0) is 68.7 Å². The lowest BCUT2D eigenvalue weighted by Crippen LogP contribution is -2.34. The minimum Gasteiger partial charge on any atom is -0.459 e. The van der Waals surface area contributed by atoms with E-state index in [1.54, 1.807) is 50.2 Å². The van der Waals surface area contributed by atoms with Gasteiger partial charge in [-0.3, -0.25) is 9.69 Å². The van der Waals surface area contributed by atoms with E-state index in [9.17, 15) is 14.0 Å². The van der Waals surface area contributed by atoms with Crippen molar-refractivity contribution in [3.63, 3.8) is 0 Å². The maximum absolute atomic E-state index is 13.1. The molecule has 6 heteroatoms. The minimum absolute atomic E-state index is 0.119. The molecule has 0 bridgehead atoms. The summed E-state index contributed by atoms with van der Waals surface area (Å²) in [6.07, 6.45) is 1.96. The quantitative estimate of drug-likeness (QED) is 0.699. The molecule has 1 aliphatic rings. The van der Waals surface area contributed by atoms with Gasteiger partial charge in [0.1, 0.15) is 5.82 Å². The van der Waals surface area contributed by atoms with Crippen LogP contribution in [-0.4, -0.2) is 35.5 Å². The molecule has 0 spiro atoms. The Kier molecular flexibility index (Phi) is 6.41. The largest absolute Gasteiger partial charge is 0.459 e. The second-order valence-electron chi connectivity index (χ2n) is 7.34. The highest BCUT2D eigenvalue weighted by atomic mass is 19.1. The van der Waals surface area contributed by atoms with Crippen molar-refractivity contribution in [2.75, 3.05) is 11.9 Å². The van der Waals surface area contributed by atoms with Gasteiger partial charge in [-0.15, -0.1) is 0 Å². The van der Waals surface area contributed by atoms with Gasteiger partial charge in [-0.1, -0.05) is 12.1 Å². The van der Waals surface area contributed by atoms with E-state index in [0.717, 1.165) is 18.4 Å². The second-order valence-corrected chi connectivity index (χ2v) is 7.34. The van der Waals surface area contributed by atoms with Gasteiger partial charge >= 0.3 is 5.97 Å². The van der Waals surface area contributed by atoms with Gasteiger partial charge in [0.15, 0.2) is 0 Å². The molecule has 1 N–H and O–H groups in total. The molecule has 2 aromatic carbocycles. The lowest BCUT2D eigenvalue weighted by Gasteiger charge is -2.21. The lowest BCUT2D eigenvalue weighted by atomic mass is 10.2. The highest BCUT2D eigenvalue weighted by Crippen LogP contribution is 2.28. The number of hydrogen-bond donors (Lipinski definition) is 1. The molecule has 0 saturated heterocycles. The first-order valence-corrected chi connectivity index (χ1v) is 9.50. The zero-order chi connectivity index (χ0) is 20.1. The van der Waals surface area contributed by atoms with Crippen molar-refractivity contribution in [1.82, 2.24) is 4.90 Å². The predicted octanol–water partition coefficient (Wildman–Crippen LogP) is 3.99. The fourth-order valence-corrected chi connectivity index (χ4v) is 2.93. The number of nitrogens with one attached hydrogen (secondary N) is 1. The summed E-state index contributed by atoms with van der Waals surface area (Å²) in [4.78, 5) is 26.4. The van der Waals surface area contributed by atoms with Crippen molar-refractivity contribution in [1.29, 1.82) is 0 Å². The minimum atomic E-state index is -0.382. The van der Waals surface area contributed by atoms with E-state index in [0.29, 0.717) is 23.8 Å². The number of nitrogens with zero attached hydrogens (tertiary/aromatic N) is 1. The van der Waals surface area contributed by atoms with E-state index in [1.165, 1.54) is 12.1 Å². The Balaban J connectivity index is 1.56. The second kappa shape index (κ2) is 8.97. The summed E-state index contributed by atoms with van der Waals surface area (Å²) in [6.45, 7) is 4.46. The van der Waals surface area contributed by atoms with Crippen LogP contribution in [0.4, 0.5) is 10.1 Å². The van der Waals surface area contributed by atoms with Crippen molar-refractivity contribution in [3.8, 4) is 0 Å². The number of carbonyl (C=O) groups excluding carboxylic acids is 2. The highest BCUT2D eigenvalue weighted by Gasteiger charge is 2.30. The van der Waals surface area contributed by atoms with E-state index < -0.39 is 0 Å². The molecule has 0 heterocycles. The fourth-order valence-electron chi connectivity index (χ4n) is 2.93. The van der Waals surface area contributed by atoms with Gasteiger partial charge in [-0.2, -0.15) is 0 Å². The monoisotopic (exact) mass is 384 g/mol. The highest BCUT2D eigenvalue weighted by molar-refractivity contribution is 5.94. The molecule has 2 aromatic rings. The number of anilines is 1. The van der Waals surface area contributed by atoms with Crippen LogP contribution >= 0.6 is 0 Å². The van der Waals surface area contributed by atoms with Crippen molar-refractivity contribution in [2.45, 2.75) is 45.4 Å². The van der Waals surface area contributed by atoms with Gasteiger partial charge in [0.05, 0.1) is 18.2 Å². The van der Waals surface area contributed by atoms with Crippen LogP contribution in [0, 0.1) is 5.82 Å². The number of halogens is 1.